The molecule has 3 unspecified atom stereocenters. The van der Waals surface area contributed by atoms with E-state index < -0.39 is 0 Å². The molecular formula is C33H57P. The first-order chi connectivity index (χ1) is 16.3. The molecule has 0 aromatic rings. The summed E-state index contributed by atoms with van der Waals surface area (Å²) < 4.78 is 0. The molecule has 1 heteroatoms. The van der Waals surface area contributed by atoms with Crippen LogP contribution in [0, 0.1) is 35.5 Å². The first-order valence-electron chi connectivity index (χ1n) is 15.2. The molecule has 0 amide bonds. The van der Waals surface area contributed by atoms with Crippen molar-refractivity contribution in [3.63, 3.8) is 0 Å². The minimum atomic E-state index is 0.00756. The van der Waals surface area contributed by atoms with Crippen LogP contribution in [0.1, 0.15) is 126 Å². The largest absolute Gasteiger partial charge is 0.0857 e. The van der Waals surface area contributed by atoms with E-state index in [0.717, 1.165) is 17.2 Å². The van der Waals surface area contributed by atoms with Crippen molar-refractivity contribution in [2.45, 2.75) is 137 Å². The van der Waals surface area contributed by atoms with E-state index in [1.807, 2.05) is 10.9 Å². The van der Waals surface area contributed by atoms with Crippen LogP contribution < -0.4 is 0 Å². The highest BCUT2D eigenvalue weighted by atomic mass is 31.1. The molecule has 2 fully saturated rings. The Balaban J connectivity index is 2.11. The summed E-state index contributed by atoms with van der Waals surface area (Å²) in [4.78, 5) is 0. The predicted octanol–water partition coefficient (Wildman–Crippen LogP) is 11.1. The SMILES string of the molecule is CC(C)C=CC(C(C)C)C(C1=C(P(C2CCCCC2)C2CCCCC2)CCC=C1)C(C)C(C)C. The van der Waals surface area contributed by atoms with Gasteiger partial charge in [0.05, 0.1) is 0 Å². The lowest BCUT2D eigenvalue weighted by Gasteiger charge is -2.44. The maximum absolute atomic E-state index is 2.65. The standard InChI is InChI=1S/C33H57P/c1-24(2)22-23-30(26(5)6)33(27(7)25(3)4)31-20-14-15-21-32(31)34(28-16-10-8-11-17-28)29-18-12-9-13-19-29/h14,20,22-30,33H,8-13,15-19,21H2,1-7H3. The van der Waals surface area contributed by atoms with Crippen molar-refractivity contribution < 1.29 is 0 Å². The number of hydrogen-bond donors (Lipinski definition) is 0. The van der Waals surface area contributed by atoms with Crippen molar-refractivity contribution in [1.82, 2.24) is 0 Å². The predicted molar refractivity (Wildman–Crippen MR) is 156 cm³/mol. The van der Waals surface area contributed by atoms with Gasteiger partial charge in [0.1, 0.15) is 0 Å². The summed E-state index contributed by atoms with van der Waals surface area (Å²) in [6.45, 7) is 17.2. The molecule has 0 spiro atoms. The van der Waals surface area contributed by atoms with Crippen LogP contribution in [-0.2, 0) is 0 Å². The van der Waals surface area contributed by atoms with Crippen molar-refractivity contribution >= 4 is 7.92 Å². The zero-order valence-electron chi connectivity index (χ0n) is 23.9. The molecule has 194 valence electrons. The second-order valence-electron chi connectivity index (χ2n) is 12.9. The third-order valence-corrected chi connectivity index (χ3v) is 13.0. The fraction of sp³-hybridized carbons (Fsp3) is 0.818. The Morgan fingerprint density at radius 1 is 0.735 bits per heavy atom. The molecule has 34 heavy (non-hydrogen) atoms. The van der Waals surface area contributed by atoms with Crippen molar-refractivity contribution in [3.8, 4) is 0 Å². The van der Waals surface area contributed by atoms with E-state index in [4.69, 9.17) is 0 Å². The van der Waals surface area contributed by atoms with Crippen LogP contribution in [0.25, 0.3) is 0 Å². The van der Waals surface area contributed by atoms with Gasteiger partial charge in [0.2, 0.25) is 0 Å². The Labute approximate surface area is 215 Å². The minimum absolute atomic E-state index is 0.00756. The lowest BCUT2D eigenvalue weighted by Crippen LogP contribution is -2.31. The zero-order valence-corrected chi connectivity index (χ0v) is 24.8. The van der Waals surface area contributed by atoms with Gasteiger partial charge in [0.25, 0.3) is 0 Å². The average Bonchev–Trinajstić information content (AvgIpc) is 2.83. The molecule has 0 N–H and O–H groups in total. The molecule has 0 aromatic carbocycles. The summed E-state index contributed by atoms with van der Waals surface area (Å²) in [5.74, 6) is 4.06. The Hall–Kier alpha value is -0.350. The molecule has 0 aromatic heterocycles. The monoisotopic (exact) mass is 484 g/mol. The second kappa shape index (κ2) is 13.8. The first-order valence-corrected chi connectivity index (χ1v) is 16.7. The highest BCUT2D eigenvalue weighted by Gasteiger charge is 2.39. The van der Waals surface area contributed by atoms with Crippen LogP contribution in [0.5, 0.6) is 0 Å². The van der Waals surface area contributed by atoms with E-state index in [2.05, 4.69) is 72.8 Å². The van der Waals surface area contributed by atoms with Crippen molar-refractivity contribution in [1.29, 1.82) is 0 Å². The molecule has 3 aliphatic rings. The molecule has 2 saturated carbocycles. The number of allylic oxidation sites excluding steroid dienone is 6. The molecule has 0 bridgehead atoms. The molecule has 3 atom stereocenters. The maximum atomic E-state index is 2.65. The number of rotatable bonds is 10. The molecular weight excluding hydrogens is 427 g/mol. The average molecular weight is 485 g/mol. The summed E-state index contributed by atoms with van der Waals surface area (Å²) in [7, 11) is 0.00756. The van der Waals surface area contributed by atoms with Crippen molar-refractivity contribution in [2.75, 3.05) is 0 Å². The highest BCUT2D eigenvalue weighted by molar-refractivity contribution is 7.63. The first kappa shape index (κ1) is 28.2. The summed E-state index contributed by atoms with van der Waals surface area (Å²) in [5, 5.41) is 2.00. The van der Waals surface area contributed by atoms with E-state index >= 15 is 0 Å². The maximum Gasteiger partial charge on any atom is -0.00654 e. The summed E-state index contributed by atoms with van der Waals surface area (Å²) in [6.07, 6.45) is 28.0. The normalized spacial score (nSPS) is 24.2. The third-order valence-electron chi connectivity index (χ3n) is 9.31. The Morgan fingerprint density at radius 2 is 1.29 bits per heavy atom. The lowest BCUT2D eigenvalue weighted by atomic mass is 9.68. The van der Waals surface area contributed by atoms with Crippen LogP contribution >= 0.6 is 7.92 Å². The molecule has 0 aliphatic heterocycles. The molecule has 3 aliphatic carbocycles. The minimum Gasteiger partial charge on any atom is -0.0857 e. The van der Waals surface area contributed by atoms with Gasteiger partial charge < -0.3 is 0 Å². The van der Waals surface area contributed by atoms with Gasteiger partial charge in [-0.05, 0) is 96.2 Å². The Bertz CT molecular complexity index is 663. The molecule has 0 heterocycles. The Morgan fingerprint density at radius 3 is 1.76 bits per heavy atom. The molecule has 0 nitrogen and oxygen atoms in total. The van der Waals surface area contributed by atoms with Crippen LogP contribution in [0.3, 0.4) is 0 Å². The summed E-state index contributed by atoms with van der Waals surface area (Å²) >= 11 is 0. The fourth-order valence-electron chi connectivity index (χ4n) is 7.07. The van der Waals surface area contributed by atoms with Gasteiger partial charge in [-0.15, -0.1) is 0 Å². The van der Waals surface area contributed by atoms with Gasteiger partial charge in [-0.1, -0.05) is 119 Å². The van der Waals surface area contributed by atoms with E-state index in [1.54, 1.807) is 0 Å². The van der Waals surface area contributed by atoms with Crippen LogP contribution in [0.4, 0.5) is 0 Å². The van der Waals surface area contributed by atoms with Gasteiger partial charge in [0.15, 0.2) is 0 Å². The van der Waals surface area contributed by atoms with E-state index in [-0.39, 0.29) is 7.92 Å². The quantitative estimate of drug-likeness (QED) is 0.214. The highest BCUT2D eigenvalue weighted by Crippen LogP contribution is 2.64. The van der Waals surface area contributed by atoms with Crippen LogP contribution in [-0.4, -0.2) is 11.3 Å². The van der Waals surface area contributed by atoms with E-state index in [9.17, 15) is 0 Å². The van der Waals surface area contributed by atoms with Crippen LogP contribution in [0.2, 0.25) is 0 Å². The van der Waals surface area contributed by atoms with Gasteiger partial charge in [0, 0.05) is 0 Å². The molecule has 3 rings (SSSR count). The lowest BCUT2D eigenvalue weighted by molar-refractivity contribution is 0.222. The molecule has 0 radical (unpaired) electrons. The summed E-state index contributed by atoms with van der Waals surface area (Å²) in [6, 6.07) is 0. The van der Waals surface area contributed by atoms with Gasteiger partial charge in [-0.2, -0.15) is 0 Å². The van der Waals surface area contributed by atoms with Gasteiger partial charge in [-0.25, -0.2) is 0 Å². The van der Waals surface area contributed by atoms with Crippen molar-refractivity contribution in [3.05, 3.63) is 35.2 Å². The van der Waals surface area contributed by atoms with Gasteiger partial charge >= 0.3 is 0 Å². The Kier molecular flexibility index (Phi) is 11.5. The topological polar surface area (TPSA) is 0 Å². The van der Waals surface area contributed by atoms with Crippen molar-refractivity contribution in [2.24, 2.45) is 35.5 Å². The van der Waals surface area contributed by atoms with E-state index in [0.29, 0.717) is 29.6 Å². The fourth-order valence-corrected chi connectivity index (χ4v) is 11.3. The summed E-state index contributed by atoms with van der Waals surface area (Å²) in [5.41, 5.74) is 3.85. The third kappa shape index (κ3) is 7.34. The second-order valence-corrected chi connectivity index (χ2v) is 15.7. The van der Waals surface area contributed by atoms with Crippen LogP contribution in [0.15, 0.2) is 35.2 Å². The zero-order chi connectivity index (χ0) is 24.7. The molecule has 0 saturated heterocycles. The number of hydrogen-bond acceptors (Lipinski definition) is 0. The smallest absolute Gasteiger partial charge is 0.00654 e. The van der Waals surface area contributed by atoms with E-state index in [1.165, 1.54) is 77.0 Å². The van der Waals surface area contributed by atoms with Gasteiger partial charge in [-0.3, -0.25) is 0 Å².